The standard InChI is InChI=1S/C15H19N/c1-2-3-6-11-7-4-10-14-15(11)12-8-5-9-13(12)16-14/h4,7,10,16H,2-3,5-6,8-9H2,1H3. The van der Waals surface area contributed by atoms with Crippen LogP contribution < -0.4 is 0 Å². The van der Waals surface area contributed by atoms with Crippen molar-refractivity contribution in [3.63, 3.8) is 0 Å². The molecule has 0 bridgehead atoms. The van der Waals surface area contributed by atoms with Crippen LogP contribution in [0.5, 0.6) is 0 Å². The number of aromatic amines is 1. The van der Waals surface area contributed by atoms with Crippen molar-refractivity contribution in [2.75, 3.05) is 0 Å². The van der Waals surface area contributed by atoms with Crippen molar-refractivity contribution in [2.45, 2.75) is 45.4 Å². The highest BCUT2D eigenvalue weighted by molar-refractivity contribution is 5.88. The summed E-state index contributed by atoms with van der Waals surface area (Å²) in [6.07, 6.45) is 7.68. The molecule has 0 fully saturated rings. The molecule has 1 aromatic heterocycles. The number of hydrogen-bond acceptors (Lipinski definition) is 0. The lowest BCUT2D eigenvalue weighted by molar-refractivity contribution is 0.798. The molecule has 1 aliphatic carbocycles. The van der Waals surface area contributed by atoms with Crippen molar-refractivity contribution in [3.05, 3.63) is 35.0 Å². The number of aromatic nitrogens is 1. The van der Waals surface area contributed by atoms with Gasteiger partial charge in [-0.1, -0.05) is 25.5 Å². The number of rotatable bonds is 3. The van der Waals surface area contributed by atoms with Gasteiger partial charge in [0, 0.05) is 16.6 Å². The molecule has 2 aromatic rings. The Morgan fingerprint density at radius 2 is 2.19 bits per heavy atom. The predicted molar refractivity (Wildman–Crippen MR) is 68.9 cm³/mol. The molecule has 1 heteroatoms. The van der Waals surface area contributed by atoms with Crippen LogP contribution in [0.3, 0.4) is 0 Å². The molecule has 0 saturated heterocycles. The summed E-state index contributed by atoms with van der Waals surface area (Å²) in [5.74, 6) is 0. The lowest BCUT2D eigenvalue weighted by Crippen LogP contribution is -1.88. The smallest absolute Gasteiger partial charge is 0.0461 e. The van der Waals surface area contributed by atoms with E-state index in [0.29, 0.717) is 0 Å². The molecule has 1 nitrogen and oxygen atoms in total. The van der Waals surface area contributed by atoms with E-state index in [1.165, 1.54) is 49.7 Å². The zero-order valence-corrected chi connectivity index (χ0v) is 9.97. The Labute approximate surface area is 96.9 Å². The van der Waals surface area contributed by atoms with Crippen LogP contribution >= 0.6 is 0 Å². The van der Waals surface area contributed by atoms with Gasteiger partial charge in [0.2, 0.25) is 0 Å². The maximum atomic E-state index is 3.59. The van der Waals surface area contributed by atoms with Crippen molar-refractivity contribution in [3.8, 4) is 0 Å². The second-order valence-corrected chi connectivity index (χ2v) is 4.88. The van der Waals surface area contributed by atoms with Crippen molar-refractivity contribution in [1.29, 1.82) is 0 Å². The van der Waals surface area contributed by atoms with E-state index in [9.17, 15) is 0 Å². The van der Waals surface area contributed by atoms with Crippen molar-refractivity contribution < 1.29 is 0 Å². The van der Waals surface area contributed by atoms with Gasteiger partial charge >= 0.3 is 0 Å². The number of fused-ring (bicyclic) bond motifs is 3. The van der Waals surface area contributed by atoms with Crippen LogP contribution in [-0.4, -0.2) is 4.98 Å². The highest BCUT2D eigenvalue weighted by atomic mass is 14.7. The summed E-state index contributed by atoms with van der Waals surface area (Å²) in [4.78, 5) is 3.59. The Balaban J connectivity index is 2.13. The number of benzene rings is 1. The van der Waals surface area contributed by atoms with E-state index in [4.69, 9.17) is 0 Å². The molecule has 1 aromatic carbocycles. The molecule has 1 aliphatic rings. The Kier molecular flexibility index (Phi) is 2.47. The SMILES string of the molecule is CCCCc1cccc2[nH]c3c(c12)CCC3. The molecule has 0 aliphatic heterocycles. The molecular formula is C15H19N. The van der Waals surface area contributed by atoms with Gasteiger partial charge in [0.15, 0.2) is 0 Å². The van der Waals surface area contributed by atoms with Gasteiger partial charge in [0.1, 0.15) is 0 Å². The van der Waals surface area contributed by atoms with Crippen LogP contribution in [0, 0.1) is 0 Å². The number of nitrogens with one attached hydrogen (secondary N) is 1. The predicted octanol–water partition coefficient (Wildman–Crippen LogP) is 4.00. The molecular weight excluding hydrogens is 194 g/mol. The van der Waals surface area contributed by atoms with E-state index in [0.717, 1.165) is 0 Å². The Morgan fingerprint density at radius 1 is 1.25 bits per heavy atom. The summed E-state index contributed by atoms with van der Waals surface area (Å²) in [5.41, 5.74) is 6.03. The van der Waals surface area contributed by atoms with Crippen molar-refractivity contribution in [1.82, 2.24) is 4.98 Å². The Morgan fingerprint density at radius 3 is 3.06 bits per heavy atom. The number of aryl methyl sites for hydroxylation is 3. The molecule has 0 unspecified atom stereocenters. The lowest BCUT2D eigenvalue weighted by Gasteiger charge is -2.04. The summed E-state index contributed by atoms with van der Waals surface area (Å²) < 4.78 is 0. The van der Waals surface area contributed by atoms with Gasteiger partial charge in [-0.25, -0.2) is 0 Å². The number of H-pyrrole nitrogens is 1. The number of unbranched alkanes of at least 4 members (excludes halogenated alkanes) is 1. The second-order valence-electron chi connectivity index (χ2n) is 4.88. The Hall–Kier alpha value is -1.24. The third-order valence-corrected chi connectivity index (χ3v) is 3.76. The summed E-state index contributed by atoms with van der Waals surface area (Å²) in [5, 5.41) is 1.54. The van der Waals surface area contributed by atoms with Crippen LogP contribution in [0.4, 0.5) is 0 Å². The van der Waals surface area contributed by atoms with Gasteiger partial charge in [-0.05, 0) is 49.3 Å². The van der Waals surface area contributed by atoms with E-state index >= 15 is 0 Å². The average molecular weight is 213 g/mol. The van der Waals surface area contributed by atoms with Crippen molar-refractivity contribution in [2.24, 2.45) is 0 Å². The topological polar surface area (TPSA) is 15.8 Å². The maximum Gasteiger partial charge on any atom is 0.0461 e. The molecule has 0 spiro atoms. The fourth-order valence-corrected chi connectivity index (χ4v) is 2.96. The van der Waals surface area contributed by atoms with Crippen LogP contribution in [0.1, 0.15) is 43.0 Å². The maximum absolute atomic E-state index is 3.59. The molecule has 0 amide bonds. The first-order chi connectivity index (χ1) is 7.90. The van der Waals surface area contributed by atoms with Crippen LogP contribution in [-0.2, 0) is 19.3 Å². The summed E-state index contributed by atoms with van der Waals surface area (Å²) in [6, 6.07) is 6.73. The fraction of sp³-hybridized carbons (Fsp3) is 0.467. The van der Waals surface area contributed by atoms with Gasteiger partial charge in [-0.2, -0.15) is 0 Å². The molecule has 16 heavy (non-hydrogen) atoms. The number of hydrogen-bond donors (Lipinski definition) is 1. The van der Waals surface area contributed by atoms with E-state index < -0.39 is 0 Å². The normalized spacial score (nSPS) is 14.6. The van der Waals surface area contributed by atoms with Gasteiger partial charge in [-0.3, -0.25) is 0 Å². The molecule has 1 N–H and O–H groups in total. The largest absolute Gasteiger partial charge is 0.358 e. The third kappa shape index (κ3) is 1.46. The fourth-order valence-electron chi connectivity index (χ4n) is 2.96. The van der Waals surface area contributed by atoms with Gasteiger partial charge in [0.25, 0.3) is 0 Å². The van der Waals surface area contributed by atoms with E-state index in [2.05, 4.69) is 30.1 Å². The summed E-state index contributed by atoms with van der Waals surface area (Å²) >= 11 is 0. The van der Waals surface area contributed by atoms with E-state index in [1.807, 2.05) is 0 Å². The summed E-state index contributed by atoms with van der Waals surface area (Å²) in [7, 11) is 0. The monoisotopic (exact) mass is 213 g/mol. The minimum atomic E-state index is 1.23. The lowest BCUT2D eigenvalue weighted by atomic mass is 10.0. The van der Waals surface area contributed by atoms with E-state index in [1.54, 1.807) is 16.5 Å². The summed E-state index contributed by atoms with van der Waals surface area (Å²) in [6.45, 7) is 2.27. The average Bonchev–Trinajstić information content (AvgIpc) is 2.85. The highest BCUT2D eigenvalue weighted by Gasteiger charge is 2.18. The molecule has 1 heterocycles. The third-order valence-electron chi connectivity index (χ3n) is 3.76. The first kappa shape index (κ1) is 9.95. The molecule has 0 atom stereocenters. The molecule has 0 radical (unpaired) electrons. The first-order valence-corrected chi connectivity index (χ1v) is 6.51. The van der Waals surface area contributed by atoms with Gasteiger partial charge in [-0.15, -0.1) is 0 Å². The minimum Gasteiger partial charge on any atom is -0.358 e. The Bertz CT molecular complexity index is 507. The van der Waals surface area contributed by atoms with E-state index in [-0.39, 0.29) is 0 Å². The zero-order chi connectivity index (χ0) is 11.0. The molecule has 84 valence electrons. The van der Waals surface area contributed by atoms with Gasteiger partial charge in [0.05, 0.1) is 0 Å². The molecule has 0 saturated carbocycles. The van der Waals surface area contributed by atoms with Crippen LogP contribution in [0.2, 0.25) is 0 Å². The highest BCUT2D eigenvalue weighted by Crippen LogP contribution is 2.32. The quantitative estimate of drug-likeness (QED) is 0.793. The zero-order valence-electron chi connectivity index (χ0n) is 9.97. The van der Waals surface area contributed by atoms with Crippen LogP contribution in [0.25, 0.3) is 10.9 Å². The van der Waals surface area contributed by atoms with Gasteiger partial charge < -0.3 is 4.98 Å². The van der Waals surface area contributed by atoms with Crippen molar-refractivity contribution >= 4 is 10.9 Å². The first-order valence-electron chi connectivity index (χ1n) is 6.51. The second kappa shape index (κ2) is 3.97. The molecule has 3 rings (SSSR count). The minimum absolute atomic E-state index is 1.23. The van der Waals surface area contributed by atoms with Crippen LogP contribution in [0.15, 0.2) is 18.2 Å².